The average Bonchev–Trinajstić information content (AvgIpc) is 2.73. The fraction of sp³-hybridized carbons (Fsp3) is 0.500. The summed E-state index contributed by atoms with van der Waals surface area (Å²) in [5, 5.41) is 13.3. The monoisotopic (exact) mass is 271 g/mol. The van der Waals surface area contributed by atoms with Gasteiger partial charge in [0.2, 0.25) is 5.96 Å². The Morgan fingerprint density at radius 1 is 1.83 bits per heavy atom. The highest BCUT2D eigenvalue weighted by Crippen LogP contribution is 2.03. The largest absolute Gasteiger partial charge is 0.355 e. The third-order valence-electron chi connectivity index (χ3n) is 2.14. The first-order valence-electron chi connectivity index (χ1n) is 6.64. The van der Waals surface area contributed by atoms with Gasteiger partial charge in [-0.15, -0.1) is 0 Å². The van der Waals surface area contributed by atoms with Gasteiger partial charge in [-0.05, 0) is 6.92 Å². The predicted molar refractivity (Wildman–Crippen MR) is 70.1 cm³/mol. The summed E-state index contributed by atoms with van der Waals surface area (Å²) in [6.45, 7) is -0.479. The minimum atomic E-state index is -2.54. The Labute approximate surface area is 112 Å². The molecule has 1 atom stereocenters. The van der Waals surface area contributed by atoms with Crippen LogP contribution in [0, 0.1) is 18.4 Å². The molecule has 0 amide bonds. The summed E-state index contributed by atoms with van der Waals surface area (Å²) < 4.78 is 32.9. The lowest BCUT2D eigenvalue weighted by molar-refractivity contribution is 0.680. The Morgan fingerprint density at radius 3 is 3.28 bits per heavy atom. The number of aromatic amines is 1. The molecule has 0 aliphatic carbocycles. The Morgan fingerprint density at radius 2 is 2.67 bits per heavy atom. The molecule has 0 saturated carbocycles. The van der Waals surface area contributed by atoms with Crippen molar-refractivity contribution in [3.8, 4) is 6.19 Å². The molecule has 3 N–H and O–H groups in total. The average molecular weight is 271 g/mol. The molecular weight excluding hydrogens is 252 g/mol. The molecule has 0 saturated heterocycles. The van der Waals surface area contributed by atoms with Crippen LogP contribution >= 0.6 is 0 Å². The van der Waals surface area contributed by atoms with Gasteiger partial charge >= 0.3 is 0 Å². The maximum absolute atomic E-state index is 11.9. The van der Waals surface area contributed by atoms with Crippen molar-refractivity contribution in [1.82, 2.24) is 20.6 Å². The van der Waals surface area contributed by atoms with Crippen LogP contribution in [0.1, 0.15) is 15.5 Å². The van der Waals surface area contributed by atoms with E-state index in [-0.39, 0.29) is 18.3 Å². The van der Waals surface area contributed by atoms with Crippen molar-refractivity contribution in [2.75, 3.05) is 19.3 Å². The third kappa shape index (κ3) is 4.55. The Kier molecular flexibility index (Phi) is 4.17. The van der Waals surface area contributed by atoms with E-state index >= 15 is 0 Å². The van der Waals surface area contributed by atoms with Crippen molar-refractivity contribution in [3.05, 3.63) is 17.7 Å². The summed E-state index contributed by atoms with van der Waals surface area (Å²) in [4.78, 5) is 10.3. The van der Waals surface area contributed by atoms with E-state index in [1.807, 2.05) is 6.92 Å². The van der Waals surface area contributed by atoms with Crippen molar-refractivity contribution >= 4 is 16.8 Å². The molecule has 1 aromatic heterocycles. The summed E-state index contributed by atoms with van der Waals surface area (Å²) in [5.74, 6) is 0.430. The second-order valence-corrected chi connectivity index (χ2v) is 4.96. The highest BCUT2D eigenvalue weighted by Gasteiger charge is 2.07. The molecule has 7 nitrogen and oxygen atoms in total. The van der Waals surface area contributed by atoms with E-state index in [9.17, 15) is 4.21 Å². The third-order valence-corrected chi connectivity index (χ3v) is 3.40. The first-order valence-corrected chi connectivity index (χ1v) is 6.63. The maximum atomic E-state index is 11.9. The number of imidazole rings is 1. The number of nitriles is 1. The summed E-state index contributed by atoms with van der Waals surface area (Å²) in [6, 6.07) is 0. The number of aliphatic imine (C=N–C) groups is 1. The SMILES string of the molecule is [2H]C([2H])([2H])N=C(NC#N)NCCS(=O)Cc1nc[nH]c1C. The quantitative estimate of drug-likeness (QED) is 0.293. The van der Waals surface area contributed by atoms with Gasteiger partial charge in [0.15, 0.2) is 6.19 Å². The van der Waals surface area contributed by atoms with Crippen molar-refractivity contribution in [2.24, 2.45) is 4.99 Å². The van der Waals surface area contributed by atoms with Crippen molar-refractivity contribution in [2.45, 2.75) is 12.7 Å². The standard InChI is InChI=1S/C10H16N6OS/c1-8-9(16-7-15-8)5-18(17)4-3-13-10(12-2)14-6-11/h7H,3-5H2,1-2H3,(H,15,16)(H2,12,13,14)/i2D3. The predicted octanol–water partition coefficient (Wildman–Crippen LogP) is -0.387. The molecule has 18 heavy (non-hydrogen) atoms. The minimum absolute atomic E-state index is 0.162. The second-order valence-electron chi connectivity index (χ2n) is 3.39. The molecule has 0 aromatic carbocycles. The normalized spacial score (nSPS) is 16.0. The van der Waals surface area contributed by atoms with E-state index in [0.717, 1.165) is 11.4 Å². The zero-order valence-electron chi connectivity index (χ0n) is 12.9. The fourth-order valence-electron chi connectivity index (χ4n) is 1.21. The number of nitrogens with one attached hydrogen (secondary N) is 3. The smallest absolute Gasteiger partial charge is 0.204 e. The van der Waals surface area contributed by atoms with Gasteiger partial charge in [-0.1, -0.05) is 0 Å². The summed E-state index contributed by atoms with van der Waals surface area (Å²) in [6.07, 6.45) is 3.13. The number of hydrogen-bond donors (Lipinski definition) is 3. The highest BCUT2D eigenvalue weighted by molar-refractivity contribution is 7.84. The Hall–Kier alpha value is -1.88. The van der Waals surface area contributed by atoms with Gasteiger partial charge in [0, 0.05) is 39.9 Å². The van der Waals surface area contributed by atoms with Gasteiger partial charge in [0.25, 0.3) is 0 Å². The van der Waals surface area contributed by atoms with Crippen LogP contribution in [0.5, 0.6) is 0 Å². The number of H-pyrrole nitrogens is 1. The molecule has 0 fully saturated rings. The molecule has 0 aliphatic heterocycles. The minimum Gasteiger partial charge on any atom is -0.355 e. The van der Waals surface area contributed by atoms with E-state index in [4.69, 9.17) is 9.37 Å². The molecule has 1 rings (SSSR count). The molecule has 0 radical (unpaired) electrons. The lowest BCUT2D eigenvalue weighted by Crippen LogP contribution is -2.36. The molecule has 8 heteroatoms. The van der Waals surface area contributed by atoms with Crippen LogP contribution in [0.25, 0.3) is 0 Å². The molecule has 98 valence electrons. The number of aryl methyl sites for hydroxylation is 1. The molecule has 1 unspecified atom stereocenters. The number of rotatable bonds is 5. The Balaban J connectivity index is 2.44. The van der Waals surface area contributed by atoms with Crippen LogP contribution in [-0.2, 0) is 16.6 Å². The molecular formula is C10H16N6OS. The number of nitrogens with zero attached hydrogens (tertiary/aromatic N) is 3. The summed E-state index contributed by atoms with van der Waals surface area (Å²) in [7, 11) is -1.15. The van der Waals surface area contributed by atoms with E-state index in [2.05, 4.69) is 25.6 Å². The van der Waals surface area contributed by atoms with Gasteiger partial charge in [0.05, 0.1) is 17.8 Å². The van der Waals surface area contributed by atoms with Gasteiger partial charge in [-0.2, -0.15) is 5.26 Å². The topological polar surface area (TPSA) is 106 Å². The first-order chi connectivity index (χ1) is 9.81. The van der Waals surface area contributed by atoms with E-state index in [1.54, 1.807) is 6.19 Å². The van der Waals surface area contributed by atoms with Crippen molar-refractivity contribution < 1.29 is 8.32 Å². The van der Waals surface area contributed by atoms with Gasteiger partial charge in [0.1, 0.15) is 0 Å². The molecule has 1 aromatic rings. The van der Waals surface area contributed by atoms with Crippen molar-refractivity contribution in [1.29, 1.82) is 5.26 Å². The second kappa shape index (κ2) is 7.45. The first kappa shape index (κ1) is 10.1. The molecule has 0 spiro atoms. The fourth-order valence-corrected chi connectivity index (χ4v) is 2.28. The summed E-state index contributed by atoms with van der Waals surface area (Å²) in [5.41, 5.74) is 1.60. The molecule has 1 heterocycles. The lowest BCUT2D eigenvalue weighted by atomic mass is 10.4. The highest BCUT2D eigenvalue weighted by atomic mass is 32.2. The van der Waals surface area contributed by atoms with Gasteiger partial charge in [-0.25, -0.2) is 4.98 Å². The molecule has 0 aliphatic rings. The van der Waals surface area contributed by atoms with Crippen LogP contribution in [0.4, 0.5) is 0 Å². The zero-order valence-corrected chi connectivity index (χ0v) is 10.7. The number of aromatic nitrogens is 2. The van der Waals surface area contributed by atoms with Crippen LogP contribution in [0.2, 0.25) is 0 Å². The van der Waals surface area contributed by atoms with Crippen molar-refractivity contribution in [3.63, 3.8) is 0 Å². The van der Waals surface area contributed by atoms with Gasteiger partial charge < -0.3 is 10.3 Å². The van der Waals surface area contributed by atoms with Crippen LogP contribution in [0.15, 0.2) is 11.3 Å². The van der Waals surface area contributed by atoms with Crippen LogP contribution in [-0.4, -0.2) is 39.4 Å². The zero-order chi connectivity index (χ0) is 15.9. The van der Waals surface area contributed by atoms with E-state index < -0.39 is 17.8 Å². The van der Waals surface area contributed by atoms with E-state index in [1.165, 1.54) is 6.33 Å². The van der Waals surface area contributed by atoms with Gasteiger partial charge in [-0.3, -0.25) is 14.5 Å². The summed E-state index contributed by atoms with van der Waals surface area (Å²) >= 11 is 0. The maximum Gasteiger partial charge on any atom is 0.204 e. The molecule has 0 bridgehead atoms. The van der Waals surface area contributed by atoms with Crippen LogP contribution in [0.3, 0.4) is 0 Å². The number of hydrogen-bond acceptors (Lipinski definition) is 4. The van der Waals surface area contributed by atoms with Crippen LogP contribution < -0.4 is 10.6 Å². The Bertz CT molecular complexity index is 562. The number of guanidine groups is 1. The van der Waals surface area contributed by atoms with E-state index in [0.29, 0.717) is 5.75 Å². The lowest BCUT2D eigenvalue weighted by Gasteiger charge is -2.06.